The summed E-state index contributed by atoms with van der Waals surface area (Å²) in [6, 6.07) is 9.49. The van der Waals surface area contributed by atoms with Crippen molar-refractivity contribution in [1.29, 1.82) is 0 Å². The van der Waals surface area contributed by atoms with E-state index in [1.54, 1.807) is 11.1 Å². The molecule has 0 nitrogen and oxygen atoms in total. The van der Waals surface area contributed by atoms with Crippen LogP contribution in [0.1, 0.15) is 97.1 Å². The van der Waals surface area contributed by atoms with Crippen LogP contribution in [-0.2, 0) is 6.42 Å². The van der Waals surface area contributed by atoms with Gasteiger partial charge in [0.05, 0.1) is 0 Å². The molecule has 27 heavy (non-hydrogen) atoms. The molecular formula is C27H40. The Kier molecular flexibility index (Phi) is 6.04. The first-order valence-electron chi connectivity index (χ1n) is 11.2. The van der Waals surface area contributed by atoms with Crippen LogP contribution in [0.3, 0.4) is 0 Å². The van der Waals surface area contributed by atoms with Gasteiger partial charge in [0.25, 0.3) is 0 Å². The van der Waals surface area contributed by atoms with Crippen molar-refractivity contribution in [3.8, 4) is 0 Å². The topological polar surface area (TPSA) is 0 Å². The van der Waals surface area contributed by atoms with Crippen molar-refractivity contribution in [2.45, 2.75) is 92.4 Å². The second kappa shape index (κ2) is 7.98. The van der Waals surface area contributed by atoms with Crippen LogP contribution >= 0.6 is 0 Å². The molecule has 0 aromatic heterocycles. The molecule has 1 aromatic carbocycles. The van der Waals surface area contributed by atoms with Gasteiger partial charge in [0.2, 0.25) is 0 Å². The van der Waals surface area contributed by atoms with E-state index >= 15 is 0 Å². The van der Waals surface area contributed by atoms with Crippen molar-refractivity contribution in [3.63, 3.8) is 0 Å². The lowest BCUT2D eigenvalue weighted by Crippen LogP contribution is -2.30. The molecule has 0 heteroatoms. The Balaban J connectivity index is 1.73. The number of rotatable bonds is 6. The summed E-state index contributed by atoms with van der Waals surface area (Å²) in [4.78, 5) is 0. The Morgan fingerprint density at radius 3 is 2.52 bits per heavy atom. The predicted octanol–water partition coefficient (Wildman–Crippen LogP) is 8.24. The van der Waals surface area contributed by atoms with Crippen LogP contribution < -0.4 is 0 Å². The summed E-state index contributed by atoms with van der Waals surface area (Å²) in [7, 11) is 0. The van der Waals surface area contributed by atoms with Crippen LogP contribution in [0.15, 0.2) is 47.6 Å². The third-order valence-corrected chi connectivity index (χ3v) is 7.31. The van der Waals surface area contributed by atoms with Crippen LogP contribution in [-0.4, -0.2) is 0 Å². The molecule has 1 fully saturated rings. The molecule has 0 saturated heterocycles. The molecule has 1 unspecified atom stereocenters. The fraction of sp³-hybridized carbons (Fsp3) is 0.630. The average molecular weight is 365 g/mol. The minimum Gasteiger partial charge on any atom is -0.0805 e. The van der Waals surface area contributed by atoms with Crippen molar-refractivity contribution in [2.75, 3.05) is 0 Å². The molecule has 0 radical (unpaired) electrons. The molecule has 1 aromatic rings. The summed E-state index contributed by atoms with van der Waals surface area (Å²) in [5.41, 5.74) is 6.78. The smallest absolute Gasteiger partial charge is 0.00701 e. The molecule has 2 aliphatic carbocycles. The fourth-order valence-corrected chi connectivity index (χ4v) is 5.15. The van der Waals surface area contributed by atoms with Crippen LogP contribution in [0, 0.1) is 16.7 Å². The molecule has 0 heterocycles. The summed E-state index contributed by atoms with van der Waals surface area (Å²) in [5, 5.41) is 0. The fourth-order valence-electron chi connectivity index (χ4n) is 5.15. The van der Waals surface area contributed by atoms with Gasteiger partial charge in [0.15, 0.2) is 0 Å². The first-order chi connectivity index (χ1) is 12.7. The molecule has 0 amide bonds. The second-order valence-corrected chi connectivity index (χ2v) is 10.4. The zero-order chi connectivity index (χ0) is 19.7. The van der Waals surface area contributed by atoms with Gasteiger partial charge in [0, 0.05) is 0 Å². The summed E-state index contributed by atoms with van der Waals surface area (Å²) in [6.07, 6.45) is 14.1. The largest absolute Gasteiger partial charge is 0.0805 e. The second-order valence-electron chi connectivity index (χ2n) is 10.4. The number of benzene rings is 1. The highest BCUT2D eigenvalue weighted by Crippen LogP contribution is 2.48. The predicted molar refractivity (Wildman–Crippen MR) is 119 cm³/mol. The van der Waals surface area contributed by atoms with Gasteiger partial charge in [-0.3, -0.25) is 0 Å². The van der Waals surface area contributed by atoms with E-state index in [9.17, 15) is 0 Å². The van der Waals surface area contributed by atoms with Gasteiger partial charge < -0.3 is 0 Å². The SMILES string of the molecule is CCC1=CCC(C)(CCc2cccc([C@H](C)C3CCC3)c2)C(C(C)(C)C)=C1. The van der Waals surface area contributed by atoms with Gasteiger partial charge in [-0.1, -0.05) is 95.5 Å². The van der Waals surface area contributed by atoms with E-state index in [1.165, 1.54) is 49.7 Å². The van der Waals surface area contributed by atoms with E-state index < -0.39 is 0 Å². The number of allylic oxidation sites excluding steroid dienone is 4. The molecule has 0 aliphatic heterocycles. The third kappa shape index (κ3) is 4.58. The minimum absolute atomic E-state index is 0.240. The number of aryl methyl sites for hydroxylation is 1. The lowest BCUT2D eigenvalue weighted by molar-refractivity contribution is 0.272. The van der Waals surface area contributed by atoms with E-state index in [4.69, 9.17) is 0 Å². The Morgan fingerprint density at radius 1 is 1.19 bits per heavy atom. The molecule has 2 atom stereocenters. The third-order valence-electron chi connectivity index (χ3n) is 7.31. The molecular weight excluding hydrogens is 324 g/mol. The van der Waals surface area contributed by atoms with Crippen molar-refractivity contribution < 1.29 is 0 Å². The summed E-state index contributed by atoms with van der Waals surface area (Å²) >= 11 is 0. The first kappa shape index (κ1) is 20.4. The maximum atomic E-state index is 2.51. The lowest BCUT2D eigenvalue weighted by Gasteiger charge is -2.42. The zero-order valence-corrected chi connectivity index (χ0v) is 18.6. The maximum Gasteiger partial charge on any atom is -0.00701 e. The monoisotopic (exact) mass is 364 g/mol. The highest BCUT2D eigenvalue weighted by atomic mass is 14.4. The standard InChI is InChI=1S/C27H40/c1-7-21-14-16-27(6,25(19-21)26(3,4)5)17-15-22-10-8-13-24(18-22)20(2)23-11-9-12-23/h8,10,13-14,18-20,23H,7,9,11-12,15-17H2,1-6H3/t20-,27?/m1/s1. The Hall–Kier alpha value is -1.30. The molecule has 0 bridgehead atoms. The van der Waals surface area contributed by atoms with Gasteiger partial charge in [0.1, 0.15) is 0 Å². The van der Waals surface area contributed by atoms with E-state index in [0.717, 1.165) is 18.3 Å². The quantitative estimate of drug-likeness (QED) is 0.476. The van der Waals surface area contributed by atoms with Crippen LogP contribution in [0.4, 0.5) is 0 Å². The van der Waals surface area contributed by atoms with Gasteiger partial charge in [-0.2, -0.15) is 0 Å². The van der Waals surface area contributed by atoms with E-state index in [-0.39, 0.29) is 10.8 Å². The van der Waals surface area contributed by atoms with Crippen LogP contribution in [0.2, 0.25) is 0 Å². The van der Waals surface area contributed by atoms with Gasteiger partial charge >= 0.3 is 0 Å². The maximum absolute atomic E-state index is 2.51. The zero-order valence-electron chi connectivity index (χ0n) is 18.6. The molecule has 148 valence electrons. The summed E-state index contributed by atoms with van der Waals surface area (Å²) < 4.78 is 0. The van der Waals surface area contributed by atoms with Crippen LogP contribution in [0.5, 0.6) is 0 Å². The van der Waals surface area contributed by atoms with Crippen molar-refractivity contribution in [1.82, 2.24) is 0 Å². The summed E-state index contributed by atoms with van der Waals surface area (Å²) in [6.45, 7) is 14.4. The van der Waals surface area contributed by atoms with E-state index in [1.807, 2.05) is 0 Å². The van der Waals surface area contributed by atoms with Crippen molar-refractivity contribution in [3.05, 3.63) is 58.7 Å². The van der Waals surface area contributed by atoms with E-state index in [0.29, 0.717) is 0 Å². The average Bonchev–Trinajstić information content (AvgIpc) is 2.58. The molecule has 0 N–H and O–H groups in total. The number of hydrogen-bond acceptors (Lipinski definition) is 0. The van der Waals surface area contributed by atoms with Gasteiger partial charge in [-0.25, -0.2) is 0 Å². The highest BCUT2D eigenvalue weighted by molar-refractivity contribution is 5.36. The molecule has 2 aliphatic rings. The molecule has 3 rings (SSSR count). The van der Waals surface area contributed by atoms with Gasteiger partial charge in [-0.15, -0.1) is 0 Å². The Labute approximate surface area is 168 Å². The van der Waals surface area contributed by atoms with Crippen molar-refractivity contribution >= 4 is 0 Å². The highest BCUT2D eigenvalue weighted by Gasteiger charge is 2.36. The summed E-state index contributed by atoms with van der Waals surface area (Å²) in [5.74, 6) is 1.65. The number of hydrogen-bond donors (Lipinski definition) is 0. The minimum atomic E-state index is 0.240. The van der Waals surface area contributed by atoms with Crippen molar-refractivity contribution in [2.24, 2.45) is 16.7 Å². The van der Waals surface area contributed by atoms with Crippen LogP contribution in [0.25, 0.3) is 0 Å². The molecule has 1 saturated carbocycles. The lowest BCUT2D eigenvalue weighted by atomic mass is 9.63. The van der Waals surface area contributed by atoms with Gasteiger partial charge in [-0.05, 0) is 72.3 Å². The Bertz CT molecular complexity index is 708. The molecule has 0 spiro atoms. The van der Waals surface area contributed by atoms with E-state index in [2.05, 4.69) is 78.0 Å². The first-order valence-corrected chi connectivity index (χ1v) is 11.2. The normalized spacial score (nSPS) is 24.8. The Morgan fingerprint density at radius 2 is 1.93 bits per heavy atom.